The second-order valence-corrected chi connectivity index (χ2v) is 14.8. The van der Waals surface area contributed by atoms with Gasteiger partial charge >= 0.3 is 12.1 Å². The summed E-state index contributed by atoms with van der Waals surface area (Å²) >= 11 is 3.10. The molecule has 0 aliphatic rings. The van der Waals surface area contributed by atoms with Crippen molar-refractivity contribution in [2.75, 3.05) is 17.5 Å². The van der Waals surface area contributed by atoms with Crippen LogP contribution in [0.15, 0.2) is 89.6 Å². The molecule has 11 nitrogen and oxygen atoms in total. The minimum absolute atomic E-state index is 0.104. The number of carboxylic acid groups (broad SMARTS) is 1. The largest absolute Gasteiger partial charge is 0.465 e. The van der Waals surface area contributed by atoms with Crippen LogP contribution in [0.1, 0.15) is 40.1 Å². The molecule has 0 fully saturated rings. The van der Waals surface area contributed by atoms with E-state index in [9.17, 15) is 27.9 Å². The van der Waals surface area contributed by atoms with Gasteiger partial charge in [0.25, 0.3) is 0 Å². The first kappa shape index (κ1) is 35.5. The Morgan fingerprint density at radius 3 is 2.06 bits per heavy atom. The van der Waals surface area contributed by atoms with E-state index in [2.05, 4.69) is 15.4 Å². The second-order valence-electron chi connectivity index (χ2n) is 11.0. The fourth-order valence-electron chi connectivity index (χ4n) is 4.92. The minimum Gasteiger partial charge on any atom is -0.465 e. The van der Waals surface area contributed by atoms with Gasteiger partial charge in [-0.2, -0.15) is 0 Å². The second kappa shape index (κ2) is 17.5. The number of carbonyl (C=O) groups is 3. The number of benzene rings is 2. The summed E-state index contributed by atoms with van der Waals surface area (Å²) in [6.45, 7) is 1.42. The lowest BCUT2D eigenvalue weighted by molar-refractivity contribution is -0.134. The van der Waals surface area contributed by atoms with Crippen LogP contribution in [0.5, 0.6) is 0 Å². The number of hydrogen-bond donors (Lipinski definition) is 4. The van der Waals surface area contributed by atoms with E-state index < -0.39 is 28.2 Å². The van der Waals surface area contributed by atoms with E-state index in [1.165, 1.54) is 4.90 Å². The summed E-state index contributed by atoms with van der Waals surface area (Å²) in [5.41, 5.74) is 1.93. The highest BCUT2D eigenvalue weighted by molar-refractivity contribution is 7.92. The number of unbranched alkanes of at least 4 members (excludes halogenated alkanes) is 1. The Bertz CT molecular complexity index is 1650. The van der Waals surface area contributed by atoms with Gasteiger partial charge in [0.1, 0.15) is 6.04 Å². The zero-order valence-corrected chi connectivity index (χ0v) is 28.5. The lowest BCUT2D eigenvalue weighted by Crippen LogP contribution is -2.50. The Labute approximate surface area is 283 Å². The van der Waals surface area contributed by atoms with Crippen LogP contribution in [0.3, 0.4) is 0 Å². The van der Waals surface area contributed by atoms with Crippen LogP contribution in [0, 0.1) is 0 Å². The number of amides is 4. The van der Waals surface area contributed by atoms with Crippen molar-refractivity contribution in [3.8, 4) is 0 Å². The Morgan fingerprint density at radius 2 is 1.47 bits per heavy atom. The number of anilines is 1. The van der Waals surface area contributed by atoms with Gasteiger partial charge in [0.15, 0.2) is 0 Å². The third kappa shape index (κ3) is 12.4. The van der Waals surface area contributed by atoms with Gasteiger partial charge in [-0.1, -0.05) is 54.6 Å². The normalized spacial score (nSPS) is 11.8. The Hall–Kier alpha value is -4.40. The third-order valence-electron chi connectivity index (χ3n) is 7.11. The third-order valence-corrected chi connectivity index (χ3v) is 9.44. The number of urea groups is 1. The summed E-state index contributed by atoms with van der Waals surface area (Å²) in [6.07, 6.45) is 1.35. The van der Waals surface area contributed by atoms with Crippen molar-refractivity contribution in [3.05, 3.63) is 111 Å². The van der Waals surface area contributed by atoms with Crippen molar-refractivity contribution >= 4 is 56.4 Å². The number of sulfonamides is 1. The summed E-state index contributed by atoms with van der Waals surface area (Å²) < 4.78 is 25.7. The molecule has 2 aromatic heterocycles. The van der Waals surface area contributed by atoms with Crippen LogP contribution >= 0.6 is 22.7 Å². The number of hydrogen-bond acceptors (Lipinski definition) is 7. The number of thiophene rings is 2. The predicted octanol–water partition coefficient (Wildman–Crippen LogP) is 5.93. The maximum atomic E-state index is 14.1. The van der Waals surface area contributed by atoms with Crippen molar-refractivity contribution in [2.24, 2.45) is 0 Å². The van der Waals surface area contributed by atoms with E-state index >= 15 is 0 Å². The number of carbonyl (C=O) groups excluding carboxylic acids is 2. The number of nitrogens with one attached hydrogen (secondary N) is 3. The van der Waals surface area contributed by atoms with Gasteiger partial charge in [-0.25, -0.2) is 18.0 Å². The van der Waals surface area contributed by atoms with Crippen LogP contribution in [-0.4, -0.2) is 60.2 Å². The zero-order chi connectivity index (χ0) is 33.6. The van der Waals surface area contributed by atoms with Crippen LogP contribution in [-0.2, 0) is 41.0 Å². The summed E-state index contributed by atoms with van der Waals surface area (Å²) in [5, 5.41) is 19.3. The van der Waals surface area contributed by atoms with Gasteiger partial charge in [-0.15, -0.1) is 22.7 Å². The highest BCUT2D eigenvalue weighted by Crippen LogP contribution is 2.20. The van der Waals surface area contributed by atoms with Crippen LogP contribution in [0.2, 0.25) is 0 Å². The van der Waals surface area contributed by atoms with E-state index in [1.807, 2.05) is 65.4 Å². The number of nitrogens with zero attached hydrogens (tertiary/aromatic N) is 2. The standard InChI is InChI=1S/C33H39N5O6S3/c1-47(43,44)36-27-13-7-12-26(20-27)21-34-32(40)35-30(16-5-6-17-37(33(41)42)22-25-10-3-2-4-11-25)31(39)38(23-28-14-8-18-45-28)24-29-15-9-19-46-29/h2-4,7-15,18-20,30,36H,5-6,16-17,21-24H2,1H3,(H,41,42)(H2,34,35,40). The van der Waals surface area contributed by atoms with Crippen LogP contribution in [0.25, 0.3) is 0 Å². The fourth-order valence-corrected chi connectivity index (χ4v) is 6.91. The Kier molecular flexibility index (Phi) is 13.2. The molecule has 0 radical (unpaired) electrons. The van der Waals surface area contributed by atoms with E-state index in [0.29, 0.717) is 43.6 Å². The summed E-state index contributed by atoms with van der Waals surface area (Å²) in [5.74, 6) is -0.235. The molecule has 4 amide bonds. The van der Waals surface area contributed by atoms with Crippen molar-refractivity contribution in [2.45, 2.75) is 51.5 Å². The molecule has 4 aromatic rings. The molecule has 0 aliphatic carbocycles. The molecule has 0 saturated carbocycles. The molecule has 1 unspecified atom stereocenters. The van der Waals surface area contributed by atoms with Gasteiger partial charge in [-0.05, 0) is 65.4 Å². The topological polar surface area (TPSA) is 148 Å². The molecule has 0 saturated heterocycles. The monoisotopic (exact) mass is 697 g/mol. The molecule has 4 N–H and O–H groups in total. The Balaban J connectivity index is 1.43. The smallest absolute Gasteiger partial charge is 0.407 e. The van der Waals surface area contributed by atoms with Gasteiger partial charge in [0.05, 0.1) is 19.3 Å². The predicted molar refractivity (Wildman–Crippen MR) is 186 cm³/mol. The molecule has 2 heterocycles. The highest BCUT2D eigenvalue weighted by atomic mass is 32.2. The van der Waals surface area contributed by atoms with Crippen LogP contribution < -0.4 is 15.4 Å². The van der Waals surface area contributed by atoms with E-state index in [1.54, 1.807) is 51.8 Å². The van der Waals surface area contributed by atoms with Crippen LogP contribution in [0.4, 0.5) is 15.3 Å². The molecule has 0 spiro atoms. The van der Waals surface area contributed by atoms with Gasteiger partial charge in [-0.3, -0.25) is 9.52 Å². The molecular weight excluding hydrogens is 659 g/mol. The molecule has 0 bridgehead atoms. The first-order valence-electron chi connectivity index (χ1n) is 15.0. The summed E-state index contributed by atoms with van der Waals surface area (Å²) in [7, 11) is -3.46. The molecule has 14 heteroatoms. The average molecular weight is 698 g/mol. The van der Waals surface area contributed by atoms with Gasteiger partial charge < -0.3 is 25.5 Å². The lowest BCUT2D eigenvalue weighted by Gasteiger charge is -2.28. The first-order chi connectivity index (χ1) is 22.6. The molecule has 47 heavy (non-hydrogen) atoms. The maximum absolute atomic E-state index is 14.1. The van der Waals surface area contributed by atoms with Crippen molar-refractivity contribution in [1.29, 1.82) is 0 Å². The first-order valence-corrected chi connectivity index (χ1v) is 18.7. The fraction of sp³-hybridized carbons (Fsp3) is 0.303. The SMILES string of the molecule is CS(=O)(=O)Nc1cccc(CNC(=O)NC(CCCCN(Cc2ccccc2)C(=O)O)C(=O)N(Cc2cccs2)Cc2cccs2)c1. The van der Waals surface area contributed by atoms with Crippen molar-refractivity contribution < 1.29 is 27.9 Å². The van der Waals surface area contributed by atoms with Crippen molar-refractivity contribution in [1.82, 2.24) is 20.4 Å². The maximum Gasteiger partial charge on any atom is 0.407 e. The summed E-state index contributed by atoms with van der Waals surface area (Å²) in [6, 6.07) is 22.4. The quantitative estimate of drug-likeness (QED) is 0.101. The molecule has 0 aliphatic heterocycles. The van der Waals surface area contributed by atoms with E-state index in [-0.39, 0.29) is 25.5 Å². The van der Waals surface area contributed by atoms with E-state index in [4.69, 9.17) is 0 Å². The van der Waals surface area contributed by atoms with Gasteiger partial charge in [0.2, 0.25) is 15.9 Å². The molecule has 2 aromatic carbocycles. The molecule has 1 atom stereocenters. The molecule has 250 valence electrons. The minimum atomic E-state index is -3.46. The van der Waals surface area contributed by atoms with Crippen molar-refractivity contribution in [3.63, 3.8) is 0 Å². The Morgan fingerprint density at radius 1 is 0.809 bits per heavy atom. The average Bonchev–Trinajstić information content (AvgIpc) is 3.75. The zero-order valence-electron chi connectivity index (χ0n) is 26.0. The summed E-state index contributed by atoms with van der Waals surface area (Å²) in [4.78, 5) is 44.3. The molecular formula is C33H39N5O6S3. The van der Waals surface area contributed by atoms with E-state index in [0.717, 1.165) is 21.6 Å². The van der Waals surface area contributed by atoms with Gasteiger partial charge in [0, 0.05) is 35.1 Å². The number of rotatable bonds is 17. The highest BCUT2D eigenvalue weighted by Gasteiger charge is 2.27. The molecule has 4 rings (SSSR count). The lowest BCUT2D eigenvalue weighted by atomic mass is 10.1.